The van der Waals surface area contributed by atoms with E-state index in [0.29, 0.717) is 18.2 Å². The fourth-order valence-electron chi connectivity index (χ4n) is 2.82. The smallest absolute Gasteiger partial charge is 0.319 e. The molecule has 4 rings (SSSR count). The average Bonchev–Trinajstić information content (AvgIpc) is 3.37. The minimum Gasteiger partial charge on any atom is -0.495 e. The zero-order valence-electron chi connectivity index (χ0n) is 14.3. The van der Waals surface area contributed by atoms with Gasteiger partial charge in [-0.3, -0.25) is 9.36 Å². The first-order valence-corrected chi connectivity index (χ1v) is 9.91. The van der Waals surface area contributed by atoms with E-state index in [2.05, 4.69) is 10.2 Å². The van der Waals surface area contributed by atoms with Crippen LogP contribution in [0.3, 0.4) is 0 Å². The third-order valence-corrected chi connectivity index (χ3v) is 6.14. The second-order valence-electron chi connectivity index (χ2n) is 5.86. The number of hydrogen-bond acceptors (Lipinski definition) is 7. The number of hydrogen-bond donors (Lipinski definition) is 0. The largest absolute Gasteiger partial charge is 0.495 e. The van der Waals surface area contributed by atoms with Gasteiger partial charge in [0.2, 0.25) is 0 Å². The normalized spacial score (nSPS) is 16.7. The highest BCUT2D eigenvalue weighted by atomic mass is 32.2. The van der Waals surface area contributed by atoms with Gasteiger partial charge in [-0.25, -0.2) is 0 Å². The van der Waals surface area contributed by atoms with Crippen LogP contribution in [0.4, 0.5) is 0 Å². The number of ether oxygens (including phenoxy) is 2. The van der Waals surface area contributed by atoms with Gasteiger partial charge < -0.3 is 9.47 Å². The molecule has 0 aliphatic carbocycles. The Balaban J connectivity index is 1.86. The molecule has 1 saturated heterocycles. The SMILES string of the molecule is COc1ccc(C)cc1-n1c(SC2CCOC2=O)nnc1-c1cccs1. The molecular weight excluding hydrogens is 370 g/mol. The number of rotatable bonds is 5. The van der Waals surface area contributed by atoms with E-state index in [-0.39, 0.29) is 11.2 Å². The molecule has 6 nitrogen and oxygen atoms in total. The maximum absolute atomic E-state index is 11.9. The third-order valence-electron chi connectivity index (χ3n) is 4.09. The van der Waals surface area contributed by atoms with Gasteiger partial charge in [0, 0.05) is 6.42 Å². The van der Waals surface area contributed by atoms with Crippen LogP contribution in [-0.2, 0) is 9.53 Å². The van der Waals surface area contributed by atoms with E-state index in [4.69, 9.17) is 9.47 Å². The number of aromatic nitrogens is 3. The fraction of sp³-hybridized carbons (Fsp3) is 0.278. The number of thiophene rings is 1. The summed E-state index contributed by atoms with van der Waals surface area (Å²) in [4.78, 5) is 12.9. The van der Waals surface area contributed by atoms with Crippen molar-refractivity contribution >= 4 is 29.1 Å². The Morgan fingerprint density at radius 1 is 1.35 bits per heavy atom. The molecular formula is C18H17N3O3S2. The lowest BCUT2D eigenvalue weighted by atomic mass is 10.2. The summed E-state index contributed by atoms with van der Waals surface area (Å²) in [6.07, 6.45) is 0.676. The third kappa shape index (κ3) is 3.10. The minimum atomic E-state index is -0.259. The van der Waals surface area contributed by atoms with Crippen LogP contribution in [0, 0.1) is 6.92 Å². The molecule has 0 bridgehead atoms. The number of thioether (sulfide) groups is 1. The zero-order valence-corrected chi connectivity index (χ0v) is 16.0. The van der Waals surface area contributed by atoms with E-state index in [1.54, 1.807) is 18.4 Å². The standard InChI is InChI=1S/C18H17N3O3S2/c1-11-5-6-13(23-2)12(10-11)21-16(14-4-3-9-25-14)19-20-18(21)26-15-7-8-24-17(15)22/h3-6,9-10,15H,7-8H2,1-2H3. The lowest BCUT2D eigenvalue weighted by molar-refractivity contribution is -0.137. The van der Waals surface area contributed by atoms with Crippen molar-refractivity contribution in [2.75, 3.05) is 13.7 Å². The van der Waals surface area contributed by atoms with E-state index in [1.165, 1.54) is 11.8 Å². The Hall–Kier alpha value is -2.32. The Kier molecular flexibility index (Phi) is 4.69. The molecule has 0 amide bonds. The second kappa shape index (κ2) is 7.13. The molecule has 1 aliphatic heterocycles. The Bertz CT molecular complexity index is 937. The van der Waals surface area contributed by atoms with Crippen molar-refractivity contribution in [3.63, 3.8) is 0 Å². The van der Waals surface area contributed by atoms with Crippen LogP contribution in [0.2, 0.25) is 0 Å². The number of nitrogens with zero attached hydrogens (tertiary/aromatic N) is 3. The van der Waals surface area contributed by atoms with Gasteiger partial charge in [-0.2, -0.15) is 0 Å². The van der Waals surface area contributed by atoms with E-state index in [0.717, 1.165) is 27.7 Å². The highest BCUT2D eigenvalue weighted by Gasteiger charge is 2.31. The van der Waals surface area contributed by atoms with E-state index in [1.807, 2.05) is 47.2 Å². The van der Waals surface area contributed by atoms with Crippen LogP contribution in [0.5, 0.6) is 5.75 Å². The molecule has 3 aromatic rings. The molecule has 0 N–H and O–H groups in total. The average molecular weight is 387 g/mol. The molecule has 1 fully saturated rings. The van der Waals surface area contributed by atoms with Crippen LogP contribution in [0.15, 0.2) is 40.9 Å². The van der Waals surface area contributed by atoms with E-state index >= 15 is 0 Å². The fourth-order valence-corrected chi connectivity index (χ4v) is 4.52. The van der Waals surface area contributed by atoms with Gasteiger partial charge in [0.25, 0.3) is 0 Å². The summed E-state index contributed by atoms with van der Waals surface area (Å²) in [7, 11) is 1.64. The minimum absolute atomic E-state index is 0.196. The molecule has 0 radical (unpaired) electrons. The molecule has 1 aliphatic rings. The summed E-state index contributed by atoms with van der Waals surface area (Å²) in [6.45, 7) is 2.48. The van der Waals surface area contributed by atoms with Crippen molar-refractivity contribution in [2.45, 2.75) is 23.8 Å². The predicted octanol–water partition coefficient (Wildman–Crippen LogP) is 3.72. The van der Waals surface area contributed by atoms with Crippen LogP contribution in [0.25, 0.3) is 16.4 Å². The Labute approximate surface area is 159 Å². The summed E-state index contributed by atoms with van der Waals surface area (Å²) >= 11 is 2.98. The van der Waals surface area contributed by atoms with Crippen molar-refractivity contribution in [3.05, 3.63) is 41.3 Å². The number of methoxy groups -OCH3 is 1. The number of aryl methyl sites for hydroxylation is 1. The molecule has 3 heterocycles. The summed E-state index contributed by atoms with van der Waals surface area (Å²) < 4.78 is 12.6. The first kappa shape index (κ1) is 17.1. The summed E-state index contributed by atoms with van der Waals surface area (Å²) in [6, 6.07) is 9.95. The highest BCUT2D eigenvalue weighted by molar-refractivity contribution is 8.00. The lowest BCUT2D eigenvalue weighted by Gasteiger charge is -2.15. The number of cyclic esters (lactones) is 1. The van der Waals surface area contributed by atoms with Gasteiger partial charge in [0.05, 0.1) is 24.3 Å². The van der Waals surface area contributed by atoms with Gasteiger partial charge >= 0.3 is 5.97 Å². The molecule has 1 atom stereocenters. The van der Waals surface area contributed by atoms with Crippen LogP contribution >= 0.6 is 23.1 Å². The maximum Gasteiger partial charge on any atom is 0.319 e. The van der Waals surface area contributed by atoms with Gasteiger partial charge in [0.15, 0.2) is 11.0 Å². The lowest BCUT2D eigenvalue weighted by Crippen LogP contribution is -2.11. The maximum atomic E-state index is 11.9. The van der Waals surface area contributed by atoms with E-state index in [9.17, 15) is 4.79 Å². The molecule has 1 unspecified atom stereocenters. The molecule has 134 valence electrons. The zero-order chi connectivity index (χ0) is 18.1. The Morgan fingerprint density at radius 2 is 2.23 bits per heavy atom. The van der Waals surface area contributed by atoms with Crippen molar-refractivity contribution < 1.29 is 14.3 Å². The molecule has 0 saturated carbocycles. The highest BCUT2D eigenvalue weighted by Crippen LogP contribution is 2.37. The summed E-state index contributed by atoms with van der Waals surface area (Å²) in [5.74, 6) is 1.26. The van der Waals surface area contributed by atoms with Crippen molar-refractivity contribution in [1.82, 2.24) is 14.8 Å². The topological polar surface area (TPSA) is 66.2 Å². The van der Waals surface area contributed by atoms with Crippen molar-refractivity contribution in [1.29, 1.82) is 0 Å². The quantitative estimate of drug-likeness (QED) is 0.622. The predicted molar refractivity (Wildman–Crippen MR) is 101 cm³/mol. The molecule has 1 aromatic carbocycles. The van der Waals surface area contributed by atoms with Gasteiger partial charge in [-0.05, 0) is 36.1 Å². The van der Waals surface area contributed by atoms with Gasteiger partial charge in [-0.1, -0.05) is 23.9 Å². The molecule has 0 spiro atoms. The first-order valence-electron chi connectivity index (χ1n) is 8.15. The summed E-state index contributed by atoms with van der Waals surface area (Å²) in [5.41, 5.74) is 1.96. The molecule has 2 aromatic heterocycles. The van der Waals surface area contributed by atoms with Crippen LogP contribution < -0.4 is 4.74 Å². The van der Waals surface area contributed by atoms with Crippen molar-refractivity contribution in [2.24, 2.45) is 0 Å². The molecule has 8 heteroatoms. The van der Waals surface area contributed by atoms with Gasteiger partial charge in [0.1, 0.15) is 11.0 Å². The van der Waals surface area contributed by atoms with Crippen LogP contribution in [0.1, 0.15) is 12.0 Å². The van der Waals surface area contributed by atoms with E-state index < -0.39 is 0 Å². The molecule has 26 heavy (non-hydrogen) atoms. The summed E-state index contributed by atoms with van der Waals surface area (Å²) in [5, 5.41) is 11.2. The number of benzene rings is 1. The number of carbonyl (C=O) groups is 1. The van der Waals surface area contributed by atoms with Crippen molar-refractivity contribution in [3.8, 4) is 22.1 Å². The first-order chi connectivity index (χ1) is 12.7. The second-order valence-corrected chi connectivity index (χ2v) is 7.97. The number of carbonyl (C=O) groups excluding carboxylic acids is 1. The van der Waals surface area contributed by atoms with Crippen LogP contribution in [-0.4, -0.2) is 39.7 Å². The monoisotopic (exact) mass is 387 g/mol. The van der Waals surface area contributed by atoms with Gasteiger partial charge in [-0.15, -0.1) is 21.5 Å². The Morgan fingerprint density at radius 3 is 2.92 bits per heavy atom. The number of esters is 1.